The fourth-order valence-electron chi connectivity index (χ4n) is 0.492. The lowest BCUT2D eigenvalue weighted by atomic mass is 10.3. The van der Waals surface area contributed by atoms with Crippen LogP contribution in [0.1, 0.15) is 5.69 Å². The van der Waals surface area contributed by atoms with Crippen LogP contribution < -0.4 is 11.5 Å². The smallest absolute Gasteiger partial charge is 0.188 e. The summed E-state index contributed by atoms with van der Waals surface area (Å²) >= 11 is 0. The standard InChI is InChI=1S/C5H5N5/c6-1-4-5(8)3(7)2-9-10-4/h2H,(H2,7,10)(H2,8,9). The van der Waals surface area contributed by atoms with Gasteiger partial charge in [-0.3, -0.25) is 0 Å². The van der Waals surface area contributed by atoms with Crippen molar-refractivity contribution in [2.75, 3.05) is 11.5 Å². The Hall–Kier alpha value is -1.83. The molecule has 5 nitrogen and oxygen atoms in total. The molecule has 0 saturated heterocycles. The number of nitrogens with two attached hydrogens (primary N) is 2. The predicted octanol–water partition coefficient (Wildman–Crippen LogP) is -0.487. The van der Waals surface area contributed by atoms with E-state index >= 15 is 0 Å². The fraction of sp³-hybridized carbons (Fsp3) is 0. The highest BCUT2D eigenvalue weighted by Crippen LogP contribution is 2.13. The molecule has 0 amide bonds. The van der Waals surface area contributed by atoms with Crippen molar-refractivity contribution in [3.8, 4) is 6.07 Å². The molecular weight excluding hydrogens is 130 g/mol. The number of aromatic nitrogens is 2. The fourth-order valence-corrected chi connectivity index (χ4v) is 0.492. The van der Waals surface area contributed by atoms with E-state index in [0.29, 0.717) is 0 Å². The van der Waals surface area contributed by atoms with E-state index in [0.717, 1.165) is 0 Å². The Morgan fingerprint density at radius 2 is 2.20 bits per heavy atom. The molecule has 50 valence electrons. The first-order valence-electron chi connectivity index (χ1n) is 2.52. The van der Waals surface area contributed by atoms with E-state index < -0.39 is 0 Å². The van der Waals surface area contributed by atoms with Gasteiger partial charge in [-0.05, 0) is 0 Å². The normalized spacial score (nSPS) is 8.70. The quantitative estimate of drug-likeness (QED) is 0.499. The first-order chi connectivity index (χ1) is 4.75. The Balaban J connectivity index is 3.31. The molecule has 1 heterocycles. The van der Waals surface area contributed by atoms with Crippen LogP contribution in [0.25, 0.3) is 0 Å². The maximum absolute atomic E-state index is 8.35. The maximum atomic E-state index is 8.35. The number of anilines is 2. The van der Waals surface area contributed by atoms with E-state index in [9.17, 15) is 0 Å². The average molecular weight is 135 g/mol. The number of hydrogen-bond acceptors (Lipinski definition) is 5. The summed E-state index contributed by atoms with van der Waals surface area (Å²) in [5.74, 6) is 0. The molecule has 0 aromatic carbocycles. The van der Waals surface area contributed by atoms with Gasteiger partial charge in [0.15, 0.2) is 5.69 Å². The minimum absolute atomic E-state index is 0.0694. The van der Waals surface area contributed by atoms with E-state index in [1.807, 2.05) is 0 Å². The molecule has 1 aromatic heterocycles. The lowest BCUT2D eigenvalue weighted by molar-refractivity contribution is 1.02. The molecule has 0 spiro atoms. The molecule has 0 atom stereocenters. The summed E-state index contributed by atoms with van der Waals surface area (Å²) in [5.41, 5.74) is 11.2. The Kier molecular flexibility index (Phi) is 1.38. The first kappa shape index (κ1) is 6.29. The zero-order valence-electron chi connectivity index (χ0n) is 5.07. The van der Waals surface area contributed by atoms with Gasteiger partial charge in [-0.25, -0.2) is 0 Å². The molecule has 10 heavy (non-hydrogen) atoms. The molecule has 0 bridgehead atoms. The van der Waals surface area contributed by atoms with Gasteiger partial charge in [0.1, 0.15) is 6.07 Å². The lowest BCUT2D eigenvalue weighted by Gasteiger charge is -1.96. The van der Waals surface area contributed by atoms with Crippen LogP contribution in [-0.2, 0) is 0 Å². The van der Waals surface area contributed by atoms with Gasteiger partial charge < -0.3 is 11.5 Å². The van der Waals surface area contributed by atoms with E-state index in [1.54, 1.807) is 6.07 Å². The van der Waals surface area contributed by atoms with E-state index in [1.165, 1.54) is 6.20 Å². The molecule has 1 rings (SSSR count). The molecule has 0 unspecified atom stereocenters. The van der Waals surface area contributed by atoms with Gasteiger partial charge in [0.05, 0.1) is 17.6 Å². The highest BCUT2D eigenvalue weighted by atomic mass is 15.1. The molecule has 1 aromatic rings. The minimum Gasteiger partial charge on any atom is -0.396 e. The number of rotatable bonds is 0. The van der Waals surface area contributed by atoms with Crippen LogP contribution in [0, 0.1) is 11.3 Å². The van der Waals surface area contributed by atoms with E-state index in [-0.39, 0.29) is 17.1 Å². The Morgan fingerprint density at radius 1 is 1.50 bits per heavy atom. The van der Waals surface area contributed by atoms with E-state index in [2.05, 4.69) is 10.2 Å². The minimum atomic E-state index is 0.0694. The molecule has 0 saturated carbocycles. The molecule has 4 N–H and O–H groups in total. The second-order valence-corrected chi connectivity index (χ2v) is 1.67. The number of nitriles is 1. The van der Waals surface area contributed by atoms with Gasteiger partial charge in [-0.2, -0.15) is 10.4 Å². The van der Waals surface area contributed by atoms with Crippen LogP contribution >= 0.6 is 0 Å². The zero-order valence-corrected chi connectivity index (χ0v) is 5.07. The molecule has 0 radical (unpaired) electrons. The monoisotopic (exact) mass is 135 g/mol. The van der Waals surface area contributed by atoms with Crippen LogP contribution in [0.15, 0.2) is 6.20 Å². The molecule has 5 heteroatoms. The van der Waals surface area contributed by atoms with Crippen LogP contribution in [-0.4, -0.2) is 10.2 Å². The number of nitrogens with zero attached hydrogens (tertiary/aromatic N) is 3. The van der Waals surface area contributed by atoms with Crippen molar-refractivity contribution >= 4 is 11.4 Å². The summed E-state index contributed by atoms with van der Waals surface area (Å²) < 4.78 is 0. The Bertz CT molecular complexity index is 287. The average Bonchev–Trinajstić information content (AvgIpc) is 1.95. The maximum Gasteiger partial charge on any atom is 0.188 e. The van der Waals surface area contributed by atoms with Crippen molar-refractivity contribution in [3.05, 3.63) is 11.9 Å². The summed E-state index contributed by atoms with van der Waals surface area (Å²) in [7, 11) is 0. The molecular formula is C5H5N5. The third kappa shape index (κ3) is 0.821. The van der Waals surface area contributed by atoms with Gasteiger partial charge in [0.2, 0.25) is 0 Å². The highest BCUT2D eigenvalue weighted by Gasteiger charge is 2.01. The second kappa shape index (κ2) is 2.19. The lowest BCUT2D eigenvalue weighted by Crippen LogP contribution is -2.01. The topological polar surface area (TPSA) is 102 Å². The van der Waals surface area contributed by atoms with Gasteiger partial charge in [0, 0.05) is 0 Å². The van der Waals surface area contributed by atoms with Crippen molar-refractivity contribution in [2.45, 2.75) is 0 Å². The van der Waals surface area contributed by atoms with Crippen LogP contribution in [0.4, 0.5) is 11.4 Å². The van der Waals surface area contributed by atoms with Crippen LogP contribution in [0.3, 0.4) is 0 Å². The largest absolute Gasteiger partial charge is 0.396 e. The third-order valence-corrected chi connectivity index (χ3v) is 1.03. The van der Waals surface area contributed by atoms with Crippen molar-refractivity contribution in [2.24, 2.45) is 0 Å². The molecule has 0 fully saturated rings. The predicted molar refractivity (Wildman–Crippen MR) is 35.6 cm³/mol. The third-order valence-electron chi connectivity index (χ3n) is 1.03. The van der Waals surface area contributed by atoms with Crippen molar-refractivity contribution in [3.63, 3.8) is 0 Å². The van der Waals surface area contributed by atoms with Crippen molar-refractivity contribution in [1.29, 1.82) is 5.26 Å². The van der Waals surface area contributed by atoms with Gasteiger partial charge in [-0.1, -0.05) is 0 Å². The van der Waals surface area contributed by atoms with Crippen molar-refractivity contribution in [1.82, 2.24) is 10.2 Å². The van der Waals surface area contributed by atoms with Crippen molar-refractivity contribution < 1.29 is 0 Å². The number of nitrogen functional groups attached to an aromatic ring is 2. The Labute approximate surface area is 57.3 Å². The SMILES string of the molecule is N#Cc1nncc(N)c1N. The number of hydrogen-bond donors (Lipinski definition) is 2. The summed E-state index contributed by atoms with van der Waals surface area (Å²) in [6.45, 7) is 0. The molecule has 0 aliphatic rings. The molecule has 0 aliphatic carbocycles. The highest BCUT2D eigenvalue weighted by molar-refractivity contribution is 5.66. The zero-order chi connectivity index (χ0) is 7.56. The van der Waals surface area contributed by atoms with Crippen LogP contribution in [0.2, 0.25) is 0 Å². The van der Waals surface area contributed by atoms with Gasteiger partial charge in [0.25, 0.3) is 0 Å². The summed E-state index contributed by atoms with van der Waals surface area (Å²) in [6.07, 6.45) is 1.30. The van der Waals surface area contributed by atoms with Gasteiger partial charge in [-0.15, -0.1) is 5.10 Å². The summed E-state index contributed by atoms with van der Waals surface area (Å²) in [5, 5.41) is 15.2. The Morgan fingerprint density at radius 3 is 2.70 bits per heavy atom. The van der Waals surface area contributed by atoms with Crippen LogP contribution in [0.5, 0.6) is 0 Å². The first-order valence-corrected chi connectivity index (χ1v) is 2.52. The second-order valence-electron chi connectivity index (χ2n) is 1.67. The van der Waals surface area contributed by atoms with E-state index in [4.69, 9.17) is 16.7 Å². The van der Waals surface area contributed by atoms with Gasteiger partial charge >= 0.3 is 0 Å². The summed E-state index contributed by atoms with van der Waals surface area (Å²) in [6, 6.07) is 1.76. The summed E-state index contributed by atoms with van der Waals surface area (Å²) in [4.78, 5) is 0. The molecule has 0 aliphatic heterocycles.